The van der Waals surface area contributed by atoms with Gasteiger partial charge in [0.2, 0.25) is 0 Å². The molecule has 2 aromatic carbocycles. The maximum atomic E-state index is 11.4. The zero-order valence-corrected chi connectivity index (χ0v) is 15.8. The quantitative estimate of drug-likeness (QED) is 0.862. The number of carboxylic acid groups (broad SMARTS) is 1. The number of ether oxygens (including phenoxy) is 1. The van der Waals surface area contributed by atoms with Gasteiger partial charge in [-0.2, -0.15) is 0 Å². The van der Waals surface area contributed by atoms with Crippen molar-refractivity contribution in [2.24, 2.45) is 5.92 Å². The normalized spacial score (nSPS) is 15.1. The number of benzene rings is 2. The number of aromatic carboxylic acids is 1. The summed E-state index contributed by atoms with van der Waals surface area (Å²) in [5, 5.41) is 9.37. The summed E-state index contributed by atoms with van der Waals surface area (Å²) in [5.41, 5.74) is 4.85. The van der Waals surface area contributed by atoms with Crippen LogP contribution in [0.15, 0.2) is 36.4 Å². The highest BCUT2D eigenvalue weighted by atomic mass is 16.5. The van der Waals surface area contributed by atoms with Gasteiger partial charge in [0.25, 0.3) is 0 Å². The van der Waals surface area contributed by atoms with E-state index >= 15 is 0 Å². The number of hydrogen-bond acceptors (Lipinski definition) is 3. The summed E-state index contributed by atoms with van der Waals surface area (Å²) in [6.45, 7) is 6.00. The highest BCUT2D eigenvalue weighted by molar-refractivity contribution is 5.89. The van der Waals surface area contributed by atoms with Crippen LogP contribution in [0.5, 0.6) is 5.75 Å². The molecule has 3 rings (SSSR count). The van der Waals surface area contributed by atoms with Crippen LogP contribution in [0.4, 0.5) is 5.69 Å². The minimum atomic E-state index is -0.836. The third kappa shape index (κ3) is 4.01. The van der Waals surface area contributed by atoms with Crippen molar-refractivity contribution in [1.29, 1.82) is 0 Å². The van der Waals surface area contributed by atoms with Crippen molar-refractivity contribution >= 4 is 11.7 Å². The van der Waals surface area contributed by atoms with Crippen molar-refractivity contribution in [3.63, 3.8) is 0 Å². The molecule has 1 heterocycles. The second-order valence-electron chi connectivity index (χ2n) is 7.23. The molecule has 0 bridgehead atoms. The van der Waals surface area contributed by atoms with Gasteiger partial charge < -0.3 is 14.7 Å². The van der Waals surface area contributed by atoms with Gasteiger partial charge in [-0.05, 0) is 73.9 Å². The van der Waals surface area contributed by atoms with Gasteiger partial charge in [0, 0.05) is 24.8 Å². The summed E-state index contributed by atoms with van der Waals surface area (Å²) in [6, 6.07) is 12.1. The predicted molar refractivity (Wildman–Crippen MR) is 105 cm³/mol. The van der Waals surface area contributed by atoms with E-state index in [0.29, 0.717) is 11.5 Å². The van der Waals surface area contributed by atoms with E-state index in [1.165, 1.54) is 16.8 Å². The molecule has 0 radical (unpaired) electrons. The molecule has 138 valence electrons. The van der Waals surface area contributed by atoms with Crippen LogP contribution in [0.3, 0.4) is 0 Å². The van der Waals surface area contributed by atoms with Gasteiger partial charge in [0.05, 0.1) is 12.7 Å². The van der Waals surface area contributed by atoms with Crippen LogP contribution in [0, 0.1) is 19.8 Å². The van der Waals surface area contributed by atoms with E-state index in [2.05, 4.69) is 24.0 Å². The molecule has 0 atom stereocenters. The zero-order valence-electron chi connectivity index (χ0n) is 15.8. The minimum Gasteiger partial charge on any atom is -0.497 e. The second kappa shape index (κ2) is 7.81. The molecule has 1 aliphatic heterocycles. The fraction of sp³-hybridized carbons (Fsp3) is 0.409. The Labute approximate surface area is 155 Å². The van der Waals surface area contributed by atoms with Gasteiger partial charge in [-0.1, -0.05) is 12.1 Å². The van der Waals surface area contributed by atoms with Crippen LogP contribution >= 0.6 is 0 Å². The van der Waals surface area contributed by atoms with E-state index < -0.39 is 5.97 Å². The van der Waals surface area contributed by atoms with Crippen molar-refractivity contribution in [2.45, 2.75) is 33.1 Å². The first-order chi connectivity index (χ1) is 12.5. The van der Waals surface area contributed by atoms with E-state index in [0.717, 1.165) is 43.7 Å². The second-order valence-corrected chi connectivity index (χ2v) is 7.23. The lowest BCUT2D eigenvalue weighted by atomic mass is 9.87. The Morgan fingerprint density at radius 1 is 1.15 bits per heavy atom. The smallest absolute Gasteiger partial charge is 0.335 e. The standard InChI is InChI=1S/C22H27NO3/c1-15-11-16(2)21(22(24)25)13-18(15)12-17-7-9-23(10-8-17)19-5-4-6-20(14-19)26-3/h4-6,11,13-14,17H,7-10,12H2,1-3H3,(H,24,25). The summed E-state index contributed by atoms with van der Waals surface area (Å²) in [7, 11) is 1.70. The van der Waals surface area contributed by atoms with Crippen LogP contribution in [0.25, 0.3) is 0 Å². The molecule has 0 amide bonds. The maximum absolute atomic E-state index is 11.4. The van der Waals surface area contributed by atoms with E-state index in [4.69, 9.17) is 4.74 Å². The number of carboxylic acids is 1. The molecular weight excluding hydrogens is 326 g/mol. The number of piperidine rings is 1. The topological polar surface area (TPSA) is 49.8 Å². The van der Waals surface area contributed by atoms with Crippen molar-refractivity contribution in [2.75, 3.05) is 25.1 Å². The summed E-state index contributed by atoms with van der Waals surface area (Å²) >= 11 is 0. The first-order valence-electron chi connectivity index (χ1n) is 9.20. The van der Waals surface area contributed by atoms with E-state index in [1.807, 2.05) is 31.2 Å². The first kappa shape index (κ1) is 18.3. The van der Waals surface area contributed by atoms with Gasteiger partial charge in [-0.25, -0.2) is 4.79 Å². The molecule has 4 heteroatoms. The summed E-state index contributed by atoms with van der Waals surface area (Å²) in [6.07, 6.45) is 3.19. The Morgan fingerprint density at radius 2 is 1.88 bits per heavy atom. The van der Waals surface area contributed by atoms with Crippen LogP contribution in [0.2, 0.25) is 0 Å². The first-order valence-corrected chi connectivity index (χ1v) is 9.20. The van der Waals surface area contributed by atoms with Crippen molar-refractivity contribution in [1.82, 2.24) is 0 Å². The highest BCUT2D eigenvalue weighted by Crippen LogP contribution is 2.29. The van der Waals surface area contributed by atoms with E-state index in [-0.39, 0.29) is 0 Å². The van der Waals surface area contributed by atoms with Crippen LogP contribution in [-0.4, -0.2) is 31.3 Å². The Kier molecular flexibility index (Phi) is 5.50. The number of nitrogens with zero attached hydrogens (tertiary/aromatic N) is 1. The molecule has 1 fully saturated rings. The fourth-order valence-electron chi connectivity index (χ4n) is 3.86. The zero-order chi connectivity index (χ0) is 18.7. The molecule has 1 aliphatic rings. The van der Waals surface area contributed by atoms with Gasteiger partial charge in [0.1, 0.15) is 5.75 Å². The van der Waals surface area contributed by atoms with Crippen LogP contribution < -0.4 is 9.64 Å². The predicted octanol–water partition coefficient (Wildman–Crippen LogP) is 4.47. The summed E-state index contributed by atoms with van der Waals surface area (Å²) in [4.78, 5) is 13.8. The lowest BCUT2D eigenvalue weighted by Gasteiger charge is -2.34. The number of methoxy groups -OCH3 is 1. The number of rotatable bonds is 5. The van der Waals surface area contributed by atoms with Crippen LogP contribution in [0.1, 0.15) is 39.9 Å². The van der Waals surface area contributed by atoms with Crippen molar-refractivity contribution in [3.05, 3.63) is 58.7 Å². The SMILES string of the molecule is COc1cccc(N2CCC(Cc3cc(C(=O)O)c(C)cc3C)CC2)c1. The van der Waals surface area contributed by atoms with Gasteiger partial charge in [-0.3, -0.25) is 0 Å². The lowest BCUT2D eigenvalue weighted by Crippen LogP contribution is -2.34. The van der Waals surface area contributed by atoms with E-state index in [9.17, 15) is 9.90 Å². The molecule has 0 saturated carbocycles. The Hall–Kier alpha value is -2.49. The fourth-order valence-corrected chi connectivity index (χ4v) is 3.86. The number of aryl methyl sites for hydroxylation is 2. The molecular formula is C22H27NO3. The average Bonchev–Trinajstić information content (AvgIpc) is 2.64. The van der Waals surface area contributed by atoms with Gasteiger partial charge in [-0.15, -0.1) is 0 Å². The molecule has 1 N–H and O–H groups in total. The Morgan fingerprint density at radius 3 is 2.54 bits per heavy atom. The third-order valence-corrected chi connectivity index (χ3v) is 5.45. The Balaban J connectivity index is 1.65. The molecule has 0 aromatic heterocycles. The average molecular weight is 353 g/mol. The highest BCUT2D eigenvalue weighted by Gasteiger charge is 2.21. The molecule has 0 unspecified atom stereocenters. The lowest BCUT2D eigenvalue weighted by molar-refractivity contribution is 0.0696. The summed E-state index contributed by atoms with van der Waals surface area (Å²) < 4.78 is 5.32. The Bertz CT molecular complexity index is 792. The summed E-state index contributed by atoms with van der Waals surface area (Å²) in [5.74, 6) is 0.651. The largest absolute Gasteiger partial charge is 0.497 e. The van der Waals surface area contributed by atoms with Crippen molar-refractivity contribution < 1.29 is 14.6 Å². The van der Waals surface area contributed by atoms with Gasteiger partial charge in [0.15, 0.2) is 0 Å². The molecule has 0 spiro atoms. The van der Waals surface area contributed by atoms with Gasteiger partial charge >= 0.3 is 5.97 Å². The van der Waals surface area contributed by atoms with Crippen molar-refractivity contribution in [3.8, 4) is 5.75 Å². The minimum absolute atomic E-state index is 0.430. The van der Waals surface area contributed by atoms with Crippen LogP contribution in [-0.2, 0) is 6.42 Å². The monoisotopic (exact) mass is 353 g/mol. The number of hydrogen-bond donors (Lipinski definition) is 1. The number of carbonyl (C=O) groups is 1. The maximum Gasteiger partial charge on any atom is 0.335 e. The molecule has 26 heavy (non-hydrogen) atoms. The number of anilines is 1. The molecule has 1 saturated heterocycles. The molecule has 0 aliphatic carbocycles. The third-order valence-electron chi connectivity index (χ3n) is 5.45. The molecule has 2 aromatic rings. The molecule has 4 nitrogen and oxygen atoms in total. The van der Waals surface area contributed by atoms with E-state index in [1.54, 1.807) is 7.11 Å².